The molecule has 2 aromatic rings. The van der Waals surface area contributed by atoms with Crippen molar-refractivity contribution in [3.05, 3.63) is 29.5 Å². The predicted octanol–water partition coefficient (Wildman–Crippen LogP) is 2.54. The van der Waals surface area contributed by atoms with Crippen LogP contribution in [0.1, 0.15) is 29.8 Å². The molecule has 0 aliphatic rings. The van der Waals surface area contributed by atoms with E-state index in [1.165, 1.54) is 4.90 Å². The van der Waals surface area contributed by atoms with Gasteiger partial charge >= 0.3 is 0 Å². The van der Waals surface area contributed by atoms with Crippen LogP contribution < -0.4 is 4.74 Å². The van der Waals surface area contributed by atoms with Crippen molar-refractivity contribution in [2.24, 2.45) is 0 Å². The Bertz CT molecular complexity index is 684. The number of H-pyrrole nitrogens is 1. The summed E-state index contributed by atoms with van der Waals surface area (Å²) in [4.78, 5) is 29.2. The van der Waals surface area contributed by atoms with Crippen LogP contribution in [0.15, 0.2) is 18.3 Å². The number of aromatic amines is 1. The van der Waals surface area contributed by atoms with E-state index in [0.717, 1.165) is 16.5 Å². The Hall–Kier alpha value is -2.30. The van der Waals surface area contributed by atoms with Gasteiger partial charge in [0.05, 0.1) is 12.7 Å². The molecule has 1 aromatic carbocycles. The van der Waals surface area contributed by atoms with Gasteiger partial charge in [0.25, 0.3) is 11.7 Å². The zero-order valence-corrected chi connectivity index (χ0v) is 12.8. The minimum atomic E-state index is -0.488. The van der Waals surface area contributed by atoms with Gasteiger partial charge in [0, 0.05) is 30.2 Å². The fraction of sp³-hybridized carbons (Fsp3) is 0.375. The van der Waals surface area contributed by atoms with Crippen LogP contribution in [0, 0.1) is 6.92 Å². The zero-order chi connectivity index (χ0) is 15.6. The number of nitrogens with one attached hydrogen (secondary N) is 1. The Kier molecular flexibility index (Phi) is 4.31. The number of amides is 1. The van der Waals surface area contributed by atoms with Crippen molar-refractivity contribution < 1.29 is 14.3 Å². The molecule has 0 atom stereocenters. The highest BCUT2D eigenvalue weighted by Gasteiger charge is 2.24. The second-order valence-corrected chi connectivity index (χ2v) is 4.88. The molecule has 0 saturated heterocycles. The Morgan fingerprint density at radius 3 is 2.48 bits per heavy atom. The molecule has 1 N–H and O–H groups in total. The number of benzene rings is 1. The molecule has 21 heavy (non-hydrogen) atoms. The Morgan fingerprint density at radius 1 is 1.24 bits per heavy atom. The van der Waals surface area contributed by atoms with Gasteiger partial charge in [-0.05, 0) is 38.5 Å². The molecule has 1 aromatic heterocycles. The normalized spacial score (nSPS) is 10.7. The van der Waals surface area contributed by atoms with E-state index in [9.17, 15) is 9.59 Å². The van der Waals surface area contributed by atoms with Crippen molar-refractivity contribution in [1.82, 2.24) is 9.88 Å². The maximum atomic E-state index is 12.4. The summed E-state index contributed by atoms with van der Waals surface area (Å²) in [6.45, 7) is 6.69. The topological polar surface area (TPSA) is 62.4 Å². The Morgan fingerprint density at radius 2 is 1.90 bits per heavy atom. The highest BCUT2D eigenvalue weighted by molar-refractivity contribution is 6.44. The van der Waals surface area contributed by atoms with Crippen LogP contribution in [0.25, 0.3) is 10.9 Å². The van der Waals surface area contributed by atoms with Crippen molar-refractivity contribution in [3.8, 4) is 5.75 Å². The SMILES string of the molecule is CCN(CC)C(=O)C(=O)c1c[nH]c2c(C)cc(OC)cc12. The number of rotatable bonds is 5. The lowest BCUT2D eigenvalue weighted by Crippen LogP contribution is -2.36. The van der Waals surface area contributed by atoms with Crippen LogP contribution in [0.3, 0.4) is 0 Å². The number of Topliss-reactive ketones (excluding diaryl/α,β-unsaturated/α-hetero) is 1. The number of ether oxygens (including phenoxy) is 1. The van der Waals surface area contributed by atoms with Crippen LogP contribution in [-0.2, 0) is 4.79 Å². The van der Waals surface area contributed by atoms with Crippen molar-refractivity contribution in [2.75, 3.05) is 20.2 Å². The van der Waals surface area contributed by atoms with Crippen LogP contribution in [0.4, 0.5) is 0 Å². The van der Waals surface area contributed by atoms with E-state index in [0.29, 0.717) is 24.4 Å². The molecule has 0 aliphatic carbocycles. The number of aryl methyl sites for hydroxylation is 1. The third-order valence-electron chi connectivity index (χ3n) is 3.69. The number of likely N-dealkylation sites (N-methyl/N-ethyl adjacent to an activating group) is 1. The van der Waals surface area contributed by atoms with Gasteiger partial charge < -0.3 is 14.6 Å². The molecule has 0 radical (unpaired) electrons. The van der Waals surface area contributed by atoms with Gasteiger partial charge in [0.2, 0.25) is 0 Å². The van der Waals surface area contributed by atoms with Gasteiger partial charge in [-0.25, -0.2) is 0 Å². The molecular formula is C16H20N2O3. The number of hydrogen-bond acceptors (Lipinski definition) is 3. The highest BCUT2D eigenvalue weighted by atomic mass is 16.5. The summed E-state index contributed by atoms with van der Waals surface area (Å²) in [7, 11) is 1.58. The fourth-order valence-electron chi connectivity index (χ4n) is 2.46. The monoisotopic (exact) mass is 288 g/mol. The summed E-state index contributed by atoms with van der Waals surface area (Å²) in [6, 6.07) is 3.67. The lowest BCUT2D eigenvalue weighted by atomic mass is 10.1. The van der Waals surface area contributed by atoms with E-state index in [1.807, 2.05) is 26.8 Å². The maximum Gasteiger partial charge on any atom is 0.295 e. The first-order chi connectivity index (χ1) is 10.0. The van der Waals surface area contributed by atoms with Gasteiger partial charge in [-0.1, -0.05) is 0 Å². The smallest absolute Gasteiger partial charge is 0.295 e. The molecule has 2 rings (SSSR count). The van der Waals surface area contributed by atoms with Gasteiger partial charge in [-0.15, -0.1) is 0 Å². The maximum absolute atomic E-state index is 12.4. The number of fused-ring (bicyclic) bond motifs is 1. The lowest BCUT2D eigenvalue weighted by molar-refractivity contribution is -0.126. The third-order valence-corrected chi connectivity index (χ3v) is 3.69. The molecule has 0 unspecified atom stereocenters. The van der Waals surface area contributed by atoms with Crippen LogP contribution in [0.5, 0.6) is 5.75 Å². The average Bonchev–Trinajstić information content (AvgIpc) is 2.91. The summed E-state index contributed by atoms with van der Waals surface area (Å²) in [5.41, 5.74) is 2.22. The Labute approximate surface area is 123 Å². The van der Waals surface area contributed by atoms with Crippen molar-refractivity contribution in [2.45, 2.75) is 20.8 Å². The summed E-state index contributed by atoms with van der Waals surface area (Å²) >= 11 is 0. The molecule has 5 heteroatoms. The van der Waals surface area contributed by atoms with Crippen LogP contribution in [0.2, 0.25) is 0 Å². The molecule has 0 spiro atoms. The summed E-state index contributed by atoms with van der Waals surface area (Å²) < 4.78 is 5.24. The first-order valence-electron chi connectivity index (χ1n) is 7.02. The largest absolute Gasteiger partial charge is 0.497 e. The number of ketones is 1. The summed E-state index contributed by atoms with van der Waals surface area (Å²) in [5, 5.41) is 0.720. The quantitative estimate of drug-likeness (QED) is 0.679. The van der Waals surface area contributed by atoms with E-state index in [4.69, 9.17) is 4.74 Å². The molecule has 5 nitrogen and oxygen atoms in total. The molecule has 1 heterocycles. The number of carbonyl (C=O) groups is 2. The van der Waals surface area contributed by atoms with Gasteiger partial charge in [0.15, 0.2) is 0 Å². The van der Waals surface area contributed by atoms with Gasteiger partial charge in [-0.3, -0.25) is 9.59 Å². The molecule has 0 fully saturated rings. The van der Waals surface area contributed by atoms with Crippen molar-refractivity contribution >= 4 is 22.6 Å². The molecule has 0 aliphatic heterocycles. The number of carbonyl (C=O) groups excluding carboxylic acids is 2. The minimum absolute atomic E-state index is 0.393. The summed E-state index contributed by atoms with van der Waals surface area (Å²) in [6.07, 6.45) is 1.60. The van der Waals surface area contributed by atoms with Crippen molar-refractivity contribution in [3.63, 3.8) is 0 Å². The Balaban J connectivity index is 2.49. The number of aromatic nitrogens is 1. The predicted molar refractivity (Wildman–Crippen MR) is 81.8 cm³/mol. The molecule has 0 bridgehead atoms. The standard InChI is InChI=1S/C16H20N2O3/c1-5-18(6-2)16(20)15(19)13-9-17-14-10(3)7-11(21-4)8-12(13)14/h7-9,17H,5-6H2,1-4H3. The molecule has 0 saturated carbocycles. The summed E-state index contributed by atoms with van der Waals surface area (Å²) in [5.74, 6) is -0.289. The van der Waals surface area contributed by atoms with E-state index in [-0.39, 0.29) is 0 Å². The second-order valence-electron chi connectivity index (χ2n) is 4.88. The van der Waals surface area contributed by atoms with Crippen LogP contribution in [-0.4, -0.2) is 41.8 Å². The number of methoxy groups -OCH3 is 1. The van der Waals surface area contributed by atoms with Gasteiger partial charge in [0.1, 0.15) is 5.75 Å². The van der Waals surface area contributed by atoms with E-state index >= 15 is 0 Å². The number of hydrogen-bond donors (Lipinski definition) is 1. The van der Waals surface area contributed by atoms with Crippen molar-refractivity contribution in [1.29, 1.82) is 0 Å². The average molecular weight is 288 g/mol. The minimum Gasteiger partial charge on any atom is -0.497 e. The highest BCUT2D eigenvalue weighted by Crippen LogP contribution is 2.27. The molecule has 112 valence electrons. The zero-order valence-electron chi connectivity index (χ0n) is 12.8. The van der Waals surface area contributed by atoms with Gasteiger partial charge in [-0.2, -0.15) is 0 Å². The second kappa shape index (κ2) is 5.99. The molecule has 1 amide bonds. The lowest BCUT2D eigenvalue weighted by Gasteiger charge is -2.17. The van der Waals surface area contributed by atoms with E-state index in [1.54, 1.807) is 19.4 Å². The number of nitrogens with zero attached hydrogens (tertiary/aromatic N) is 1. The fourth-order valence-corrected chi connectivity index (χ4v) is 2.46. The third kappa shape index (κ3) is 2.63. The first-order valence-corrected chi connectivity index (χ1v) is 7.02. The van der Waals surface area contributed by atoms with E-state index < -0.39 is 11.7 Å². The first kappa shape index (κ1) is 15.1. The van der Waals surface area contributed by atoms with Crippen LogP contribution >= 0.6 is 0 Å². The van der Waals surface area contributed by atoms with E-state index in [2.05, 4.69) is 4.98 Å². The molecular weight excluding hydrogens is 268 g/mol.